The number of aldehydes is 2. The highest BCUT2D eigenvalue weighted by Gasteiger charge is 2.03. The zero-order chi connectivity index (χ0) is 7.56. The van der Waals surface area contributed by atoms with Crippen LogP contribution in [0.25, 0.3) is 0 Å². The number of hydrogen-bond donors (Lipinski definition) is 0. The van der Waals surface area contributed by atoms with Crippen LogP contribution in [0.2, 0.25) is 0 Å². The minimum Gasteiger partial charge on any atom is -0.297 e. The van der Waals surface area contributed by atoms with E-state index in [2.05, 4.69) is 15.9 Å². The largest absolute Gasteiger partial charge is 0.297 e. The van der Waals surface area contributed by atoms with Crippen LogP contribution in [0.5, 0.6) is 0 Å². The number of carbonyl (C=O) groups excluding carboxylic acids is 2. The molecule has 0 saturated heterocycles. The summed E-state index contributed by atoms with van der Waals surface area (Å²) in [7, 11) is 0. The van der Waals surface area contributed by atoms with Gasteiger partial charge in [0.1, 0.15) is 0 Å². The Bertz CT molecular complexity index is 267. The van der Waals surface area contributed by atoms with E-state index in [0.717, 1.165) is 12.6 Å². The maximum absolute atomic E-state index is 10.2. The SMILES string of the molecule is O=Cc1cc(Br)c(C=O)s1. The minimum absolute atomic E-state index is 0.558. The van der Waals surface area contributed by atoms with E-state index >= 15 is 0 Å². The van der Waals surface area contributed by atoms with Crippen LogP contribution in [0.1, 0.15) is 19.3 Å². The first-order chi connectivity index (χ1) is 4.77. The van der Waals surface area contributed by atoms with E-state index in [-0.39, 0.29) is 0 Å². The molecule has 0 bridgehead atoms. The fourth-order valence-corrected chi connectivity index (χ4v) is 1.96. The van der Waals surface area contributed by atoms with Gasteiger partial charge in [-0.1, -0.05) is 0 Å². The molecule has 0 saturated carbocycles. The van der Waals surface area contributed by atoms with Gasteiger partial charge >= 0.3 is 0 Å². The van der Waals surface area contributed by atoms with Gasteiger partial charge in [-0.25, -0.2) is 0 Å². The fraction of sp³-hybridized carbons (Fsp3) is 0. The number of thiophene rings is 1. The first-order valence-corrected chi connectivity index (χ1v) is 4.08. The van der Waals surface area contributed by atoms with Crippen molar-refractivity contribution in [2.24, 2.45) is 0 Å². The summed E-state index contributed by atoms with van der Waals surface area (Å²) in [5.74, 6) is 0. The molecule has 0 amide bonds. The Kier molecular flexibility index (Phi) is 2.34. The highest BCUT2D eigenvalue weighted by molar-refractivity contribution is 9.10. The van der Waals surface area contributed by atoms with Crippen molar-refractivity contribution in [1.82, 2.24) is 0 Å². The van der Waals surface area contributed by atoms with Gasteiger partial charge in [0.15, 0.2) is 12.6 Å². The number of rotatable bonds is 2. The van der Waals surface area contributed by atoms with Crippen molar-refractivity contribution in [3.8, 4) is 0 Å². The van der Waals surface area contributed by atoms with Crippen LogP contribution in [0.15, 0.2) is 10.5 Å². The van der Waals surface area contributed by atoms with E-state index < -0.39 is 0 Å². The Labute approximate surface area is 70.0 Å². The second-order valence-electron chi connectivity index (χ2n) is 1.60. The monoisotopic (exact) mass is 218 g/mol. The summed E-state index contributed by atoms with van der Waals surface area (Å²) in [5, 5.41) is 0. The summed E-state index contributed by atoms with van der Waals surface area (Å²) in [6.45, 7) is 0. The number of carbonyl (C=O) groups is 2. The summed E-state index contributed by atoms with van der Waals surface area (Å²) < 4.78 is 0.689. The normalized spacial score (nSPS) is 9.30. The van der Waals surface area contributed by atoms with Gasteiger partial charge in [-0.15, -0.1) is 11.3 Å². The van der Waals surface area contributed by atoms with Gasteiger partial charge in [-0.05, 0) is 22.0 Å². The van der Waals surface area contributed by atoms with Crippen molar-refractivity contribution in [2.75, 3.05) is 0 Å². The van der Waals surface area contributed by atoms with Gasteiger partial charge in [-0.3, -0.25) is 9.59 Å². The average molecular weight is 219 g/mol. The lowest BCUT2D eigenvalue weighted by atomic mass is 10.4. The highest BCUT2D eigenvalue weighted by Crippen LogP contribution is 2.24. The molecule has 2 nitrogen and oxygen atoms in total. The molecule has 0 aliphatic carbocycles. The Hall–Kier alpha value is -0.480. The van der Waals surface area contributed by atoms with Crippen molar-refractivity contribution in [2.45, 2.75) is 0 Å². The maximum Gasteiger partial charge on any atom is 0.161 e. The molecule has 0 aliphatic heterocycles. The van der Waals surface area contributed by atoms with E-state index in [1.165, 1.54) is 11.3 Å². The molecule has 0 N–H and O–H groups in total. The molecule has 0 aliphatic rings. The van der Waals surface area contributed by atoms with Crippen molar-refractivity contribution in [3.05, 3.63) is 20.3 Å². The number of halogens is 1. The third-order valence-electron chi connectivity index (χ3n) is 0.955. The smallest absolute Gasteiger partial charge is 0.161 e. The quantitative estimate of drug-likeness (QED) is 0.714. The summed E-state index contributed by atoms with van der Waals surface area (Å²) >= 11 is 4.31. The van der Waals surface area contributed by atoms with Gasteiger partial charge in [0.05, 0.1) is 9.75 Å². The van der Waals surface area contributed by atoms with Crippen molar-refractivity contribution >= 4 is 39.8 Å². The molecule has 1 aromatic rings. The zero-order valence-electron chi connectivity index (χ0n) is 4.83. The Morgan fingerprint density at radius 1 is 1.40 bits per heavy atom. The van der Waals surface area contributed by atoms with Crippen LogP contribution in [0.3, 0.4) is 0 Å². The minimum atomic E-state index is 0.558. The standard InChI is InChI=1S/C6H3BrO2S/c7-5-1-4(2-8)10-6(5)3-9/h1-3H. The van der Waals surface area contributed by atoms with Crippen LogP contribution >= 0.6 is 27.3 Å². The number of hydrogen-bond acceptors (Lipinski definition) is 3. The first-order valence-electron chi connectivity index (χ1n) is 2.47. The Morgan fingerprint density at radius 3 is 2.40 bits per heavy atom. The Morgan fingerprint density at radius 2 is 2.10 bits per heavy atom. The van der Waals surface area contributed by atoms with Crippen LogP contribution in [-0.2, 0) is 0 Å². The van der Waals surface area contributed by atoms with E-state index in [4.69, 9.17) is 0 Å². The molecule has 0 unspecified atom stereocenters. The third-order valence-corrected chi connectivity index (χ3v) is 2.86. The molecule has 4 heteroatoms. The summed E-state index contributed by atoms with van der Waals surface area (Å²) in [4.78, 5) is 21.5. The van der Waals surface area contributed by atoms with E-state index in [9.17, 15) is 9.59 Å². The molecule has 1 rings (SSSR count). The second-order valence-corrected chi connectivity index (χ2v) is 3.57. The second kappa shape index (κ2) is 3.07. The molecule has 52 valence electrons. The van der Waals surface area contributed by atoms with Crippen LogP contribution in [-0.4, -0.2) is 12.6 Å². The molecule has 0 radical (unpaired) electrons. The van der Waals surface area contributed by atoms with Crippen molar-refractivity contribution in [3.63, 3.8) is 0 Å². The van der Waals surface area contributed by atoms with Crippen molar-refractivity contribution < 1.29 is 9.59 Å². The highest BCUT2D eigenvalue weighted by atomic mass is 79.9. The third kappa shape index (κ3) is 1.33. The molecule has 0 fully saturated rings. The van der Waals surface area contributed by atoms with E-state index in [1.54, 1.807) is 6.07 Å². The lowest BCUT2D eigenvalue weighted by Gasteiger charge is -1.76. The lowest BCUT2D eigenvalue weighted by Crippen LogP contribution is -1.67. The molecular weight excluding hydrogens is 216 g/mol. The summed E-state index contributed by atoms with van der Waals surface area (Å²) in [6, 6.07) is 1.63. The molecule has 1 aromatic heterocycles. The molecule has 10 heavy (non-hydrogen) atoms. The van der Waals surface area contributed by atoms with Crippen LogP contribution < -0.4 is 0 Å². The van der Waals surface area contributed by atoms with Crippen molar-refractivity contribution in [1.29, 1.82) is 0 Å². The topological polar surface area (TPSA) is 34.1 Å². The maximum atomic E-state index is 10.2. The average Bonchev–Trinajstić information content (AvgIpc) is 2.30. The summed E-state index contributed by atoms with van der Waals surface area (Å²) in [6.07, 6.45) is 1.45. The zero-order valence-corrected chi connectivity index (χ0v) is 7.24. The lowest BCUT2D eigenvalue weighted by molar-refractivity contribution is 0.111. The first kappa shape index (κ1) is 7.63. The predicted octanol–water partition coefficient (Wildman–Crippen LogP) is 2.14. The summed E-state index contributed by atoms with van der Waals surface area (Å²) in [5.41, 5.74) is 0. The van der Waals surface area contributed by atoms with Gasteiger partial charge in [0.25, 0.3) is 0 Å². The van der Waals surface area contributed by atoms with Crippen LogP contribution in [0.4, 0.5) is 0 Å². The van der Waals surface area contributed by atoms with Gasteiger partial charge in [0.2, 0.25) is 0 Å². The van der Waals surface area contributed by atoms with E-state index in [1.807, 2.05) is 0 Å². The molecular formula is C6H3BrO2S. The molecule has 0 atom stereocenters. The predicted molar refractivity (Wildman–Crippen MR) is 42.8 cm³/mol. The fourth-order valence-electron chi connectivity index (χ4n) is 0.540. The van der Waals surface area contributed by atoms with Gasteiger partial charge in [0, 0.05) is 4.47 Å². The molecule has 1 heterocycles. The van der Waals surface area contributed by atoms with Gasteiger partial charge in [-0.2, -0.15) is 0 Å². The molecule has 0 spiro atoms. The van der Waals surface area contributed by atoms with Crippen LogP contribution in [0, 0.1) is 0 Å². The Balaban J connectivity index is 3.15. The van der Waals surface area contributed by atoms with E-state index in [0.29, 0.717) is 14.2 Å². The molecule has 0 aromatic carbocycles. The van der Waals surface area contributed by atoms with Gasteiger partial charge < -0.3 is 0 Å².